The fourth-order valence-corrected chi connectivity index (χ4v) is 2.01. The van der Waals surface area contributed by atoms with Crippen LogP contribution in [0.1, 0.15) is 17.4 Å². The van der Waals surface area contributed by atoms with Gasteiger partial charge in [-0.2, -0.15) is 0 Å². The van der Waals surface area contributed by atoms with Crippen molar-refractivity contribution in [2.45, 2.75) is 6.92 Å². The summed E-state index contributed by atoms with van der Waals surface area (Å²) in [6.45, 7) is 2.13. The first-order chi connectivity index (χ1) is 9.29. The van der Waals surface area contributed by atoms with Gasteiger partial charge in [-0.1, -0.05) is 0 Å². The van der Waals surface area contributed by atoms with E-state index in [0.717, 1.165) is 16.9 Å². The Labute approximate surface area is 109 Å². The Morgan fingerprint density at radius 3 is 3.05 bits per heavy atom. The molecule has 0 atom stereocenters. The predicted molar refractivity (Wildman–Crippen MR) is 70.9 cm³/mol. The van der Waals surface area contributed by atoms with E-state index in [1.165, 1.54) is 6.20 Å². The molecule has 1 N–H and O–H groups in total. The third-order valence-electron chi connectivity index (χ3n) is 2.90. The van der Waals surface area contributed by atoms with Crippen LogP contribution in [-0.2, 0) is 4.74 Å². The molecule has 0 saturated carbocycles. The SMILES string of the molecule is CCOC(=O)c1cnc2ccc(-c3ccc[nH]3)cn12. The van der Waals surface area contributed by atoms with Crippen molar-refractivity contribution in [1.29, 1.82) is 0 Å². The lowest BCUT2D eigenvalue weighted by atomic mass is 10.2. The number of carbonyl (C=O) groups is 1. The second-order valence-electron chi connectivity index (χ2n) is 4.09. The molecule has 0 aliphatic carbocycles. The molecule has 3 aromatic heterocycles. The minimum Gasteiger partial charge on any atom is -0.461 e. The number of aromatic nitrogens is 3. The third kappa shape index (κ3) is 1.99. The van der Waals surface area contributed by atoms with Crippen molar-refractivity contribution in [1.82, 2.24) is 14.4 Å². The smallest absolute Gasteiger partial charge is 0.356 e. The molecule has 3 rings (SSSR count). The van der Waals surface area contributed by atoms with E-state index in [9.17, 15) is 4.79 Å². The van der Waals surface area contributed by atoms with E-state index < -0.39 is 0 Å². The van der Waals surface area contributed by atoms with E-state index >= 15 is 0 Å². The molecule has 0 aliphatic heterocycles. The standard InChI is InChI=1S/C14H13N3O2/c1-2-19-14(18)12-8-16-13-6-5-10(9-17(12)13)11-4-3-7-15-11/h3-9,15H,2H2,1H3. The normalized spacial score (nSPS) is 10.8. The molecule has 0 fully saturated rings. The maximum absolute atomic E-state index is 11.8. The van der Waals surface area contributed by atoms with Gasteiger partial charge in [0.15, 0.2) is 5.69 Å². The van der Waals surface area contributed by atoms with Crippen LogP contribution in [0.15, 0.2) is 42.9 Å². The molecular formula is C14H13N3O2. The van der Waals surface area contributed by atoms with Gasteiger partial charge in [0.2, 0.25) is 0 Å². The summed E-state index contributed by atoms with van der Waals surface area (Å²) in [5.41, 5.74) is 3.13. The van der Waals surface area contributed by atoms with E-state index in [1.54, 1.807) is 11.3 Å². The molecule has 0 saturated heterocycles. The van der Waals surface area contributed by atoms with Crippen LogP contribution in [0.3, 0.4) is 0 Å². The summed E-state index contributed by atoms with van der Waals surface area (Å²) < 4.78 is 6.76. The summed E-state index contributed by atoms with van der Waals surface area (Å²) >= 11 is 0. The fourth-order valence-electron chi connectivity index (χ4n) is 2.01. The number of nitrogens with one attached hydrogen (secondary N) is 1. The van der Waals surface area contributed by atoms with Gasteiger partial charge in [-0.15, -0.1) is 0 Å². The monoisotopic (exact) mass is 255 g/mol. The highest BCUT2D eigenvalue weighted by atomic mass is 16.5. The van der Waals surface area contributed by atoms with Crippen LogP contribution in [0.4, 0.5) is 0 Å². The lowest BCUT2D eigenvalue weighted by Crippen LogP contribution is -2.07. The highest BCUT2D eigenvalue weighted by Gasteiger charge is 2.13. The largest absolute Gasteiger partial charge is 0.461 e. The summed E-state index contributed by atoms with van der Waals surface area (Å²) in [5.74, 6) is -0.362. The van der Waals surface area contributed by atoms with E-state index in [1.807, 2.05) is 36.7 Å². The fraction of sp³-hybridized carbons (Fsp3) is 0.143. The zero-order valence-corrected chi connectivity index (χ0v) is 10.5. The molecule has 3 heterocycles. The summed E-state index contributed by atoms with van der Waals surface area (Å²) in [6, 6.07) is 7.74. The summed E-state index contributed by atoms with van der Waals surface area (Å²) in [7, 11) is 0. The first kappa shape index (κ1) is 11.5. The number of carbonyl (C=O) groups excluding carboxylic acids is 1. The molecule has 0 amide bonds. The Morgan fingerprint density at radius 1 is 1.42 bits per heavy atom. The highest BCUT2D eigenvalue weighted by Crippen LogP contribution is 2.19. The van der Waals surface area contributed by atoms with Gasteiger partial charge < -0.3 is 9.72 Å². The Hall–Kier alpha value is -2.56. The van der Waals surface area contributed by atoms with Crippen molar-refractivity contribution >= 4 is 11.6 Å². The quantitative estimate of drug-likeness (QED) is 0.731. The van der Waals surface area contributed by atoms with Crippen LogP contribution >= 0.6 is 0 Å². The van der Waals surface area contributed by atoms with E-state index in [4.69, 9.17) is 4.74 Å². The number of imidazole rings is 1. The van der Waals surface area contributed by atoms with Crippen LogP contribution in [-0.4, -0.2) is 26.9 Å². The van der Waals surface area contributed by atoms with E-state index in [0.29, 0.717) is 12.3 Å². The van der Waals surface area contributed by atoms with Gasteiger partial charge in [0.1, 0.15) is 5.65 Å². The molecule has 0 aromatic carbocycles. The molecule has 0 unspecified atom stereocenters. The van der Waals surface area contributed by atoms with E-state index in [-0.39, 0.29) is 5.97 Å². The lowest BCUT2D eigenvalue weighted by Gasteiger charge is -2.04. The van der Waals surface area contributed by atoms with Crippen molar-refractivity contribution in [3.8, 4) is 11.3 Å². The van der Waals surface area contributed by atoms with Gasteiger partial charge in [0.05, 0.1) is 12.8 Å². The Balaban J connectivity index is 2.10. The number of nitrogens with zero attached hydrogens (tertiary/aromatic N) is 2. The summed E-state index contributed by atoms with van der Waals surface area (Å²) in [5, 5.41) is 0. The summed E-state index contributed by atoms with van der Waals surface area (Å²) in [4.78, 5) is 19.2. The topological polar surface area (TPSA) is 59.4 Å². The average Bonchev–Trinajstić information content (AvgIpc) is 3.07. The Morgan fingerprint density at radius 2 is 2.32 bits per heavy atom. The average molecular weight is 255 g/mol. The number of rotatable bonds is 3. The van der Waals surface area contributed by atoms with Crippen molar-refractivity contribution in [3.63, 3.8) is 0 Å². The van der Waals surface area contributed by atoms with Crippen LogP contribution in [0, 0.1) is 0 Å². The second kappa shape index (κ2) is 4.61. The predicted octanol–water partition coefficient (Wildman–Crippen LogP) is 2.51. The number of pyridine rings is 1. The van der Waals surface area contributed by atoms with Gasteiger partial charge in [-0.25, -0.2) is 9.78 Å². The van der Waals surface area contributed by atoms with Crippen LogP contribution in [0.2, 0.25) is 0 Å². The Bertz CT molecular complexity index is 713. The number of esters is 1. The molecule has 0 spiro atoms. The molecule has 96 valence electrons. The first-order valence-corrected chi connectivity index (χ1v) is 6.07. The number of fused-ring (bicyclic) bond motifs is 1. The van der Waals surface area contributed by atoms with Gasteiger partial charge >= 0.3 is 5.97 Å². The van der Waals surface area contributed by atoms with Crippen molar-refractivity contribution in [3.05, 3.63) is 48.5 Å². The maximum Gasteiger partial charge on any atom is 0.356 e. The number of H-pyrrole nitrogens is 1. The number of hydrogen-bond acceptors (Lipinski definition) is 3. The van der Waals surface area contributed by atoms with Gasteiger partial charge in [0.25, 0.3) is 0 Å². The molecule has 3 aromatic rings. The number of aromatic amines is 1. The molecule has 19 heavy (non-hydrogen) atoms. The van der Waals surface area contributed by atoms with Gasteiger partial charge in [-0.3, -0.25) is 4.40 Å². The van der Waals surface area contributed by atoms with Crippen molar-refractivity contribution in [2.24, 2.45) is 0 Å². The third-order valence-corrected chi connectivity index (χ3v) is 2.90. The zero-order valence-electron chi connectivity index (χ0n) is 10.5. The highest BCUT2D eigenvalue weighted by molar-refractivity contribution is 5.88. The lowest BCUT2D eigenvalue weighted by molar-refractivity contribution is 0.0518. The van der Waals surface area contributed by atoms with Gasteiger partial charge in [-0.05, 0) is 31.2 Å². The van der Waals surface area contributed by atoms with Crippen LogP contribution in [0.5, 0.6) is 0 Å². The van der Waals surface area contributed by atoms with Crippen molar-refractivity contribution in [2.75, 3.05) is 6.61 Å². The van der Waals surface area contributed by atoms with Gasteiger partial charge in [0, 0.05) is 23.7 Å². The second-order valence-corrected chi connectivity index (χ2v) is 4.09. The van der Waals surface area contributed by atoms with Crippen LogP contribution in [0.25, 0.3) is 16.9 Å². The molecule has 0 aliphatic rings. The number of ether oxygens (including phenoxy) is 1. The minimum atomic E-state index is -0.362. The van der Waals surface area contributed by atoms with Crippen molar-refractivity contribution < 1.29 is 9.53 Å². The first-order valence-electron chi connectivity index (χ1n) is 6.07. The molecule has 5 heteroatoms. The Kier molecular flexibility index (Phi) is 2.79. The zero-order chi connectivity index (χ0) is 13.2. The minimum absolute atomic E-state index is 0.350. The number of hydrogen-bond donors (Lipinski definition) is 1. The molecular weight excluding hydrogens is 242 g/mol. The van der Waals surface area contributed by atoms with E-state index in [2.05, 4.69) is 9.97 Å². The molecule has 0 radical (unpaired) electrons. The van der Waals surface area contributed by atoms with Crippen LogP contribution < -0.4 is 0 Å². The summed E-state index contributed by atoms with van der Waals surface area (Å²) in [6.07, 6.45) is 5.27. The molecule has 5 nitrogen and oxygen atoms in total. The maximum atomic E-state index is 11.8. The molecule has 0 bridgehead atoms.